The second-order valence-corrected chi connectivity index (χ2v) is 4.12. The fraction of sp³-hybridized carbons (Fsp3) is 0.143. The minimum Gasteiger partial charge on any atom is -0.397 e. The van der Waals surface area contributed by atoms with E-state index in [1.54, 1.807) is 12.1 Å². The lowest BCUT2D eigenvalue weighted by molar-refractivity contribution is 0.103. The first kappa shape index (κ1) is 11.3. The van der Waals surface area contributed by atoms with Gasteiger partial charge in [-0.2, -0.15) is 0 Å². The third-order valence-electron chi connectivity index (χ3n) is 2.66. The van der Waals surface area contributed by atoms with E-state index in [1.165, 1.54) is 6.20 Å². The number of nitrogens with zero attached hydrogens (tertiary/aromatic N) is 1. The maximum atomic E-state index is 12.2. The minimum absolute atomic E-state index is 0.0637. The summed E-state index contributed by atoms with van der Waals surface area (Å²) in [5.41, 5.74) is 9.25. The molecule has 3 heteroatoms. The molecule has 0 aliphatic rings. The van der Waals surface area contributed by atoms with Gasteiger partial charge < -0.3 is 5.73 Å². The molecule has 0 saturated carbocycles. The molecule has 1 aromatic heterocycles. The van der Waals surface area contributed by atoms with Crippen molar-refractivity contribution >= 4 is 11.5 Å². The standard InChI is InChI=1S/C14H14N2O/c1-9-3-4-10(2)12(7-9)14(17)13-6-5-11(15)8-16-13/h3-8H,15H2,1-2H3. The molecule has 2 aromatic rings. The topological polar surface area (TPSA) is 56.0 Å². The van der Waals surface area contributed by atoms with Crippen LogP contribution < -0.4 is 5.73 Å². The number of anilines is 1. The number of pyridine rings is 1. The fourth-order valence-corrected chi connectivity index (χ4v) is 1.66. The van der Waals surface area contributed by atoms with E-state index in [0.29, 0.717) is 16.9 Å². The molecule has 17 heavy (non-hydrogen) atoms. The smallest absolute Gasteiger partial charge is 0.211 e. The van der Waals surface area contributed by atoms with Crippen LogP contribution in [0.3, 0.4) is 0 Å². The van der Waals surface area contributed by atoms with Crippen LogP contribution in [0.2, 0.25) is 0 Å². The van der Waals surface area contributed by atoms with E-state index in [4.69, 9.17) is 5.73 Å². The molecule has 0 atom stereocenters. The number of nitrogen functional groups attached to an aromatic ring is 1. The van der Waals surface area contributed by atoms with Crippen molar-refractivity contribution < 1.29 is 4.79 Å². The Hall–Kier alpha value is -2.16. The average Bonchev–Trinajstić information content (AvgIpc) is 2.32. The number of rotatable bonds is 2. The van der Waals surface area contributed by atoms with Gasteiger partial charge in [-0.1, -0.05) is 17.7 Å². The summed E-state index contributed by atoms with van der Waals surface area (Å²) >= 11 is 0. The fourth-order valence-electron chi connectivity index (χ4n) is 1.66. The van der Waals surface area contributed by atoms with Gasteiger partial charge in [-0.3, -0.25) is 9.78 Å². The number of aromatic nitrogens is 1. The summed E-state index contributed by atoms with van der Waals surface area (Å²) in [5, 5.41) is 0. The molecule has 0 fully saturated rings. The summed E-state index contributed by atoms with van der Waals surface area (Å²) in [5.74, 6) is -0.0637. The van der Waals surface area contributed by atoms with E-state index in [2.05, 4.69) is 4.98 Å². The third kappa shape index (κ3) is 2.33. The quantitative estimate of drug-likeness (QED) is 0.800. The molecule has 0 radical (unpaired) electrons. The molecule has 2 N–H and O–H groups in total. The van der Waals surface area contributed by atoms with Crippen molar-refractivity contribution in [3.8, 4) is 0 Å². The Kier molecular flexibility index (Phi) is 2.91. The maximum Gasteiger partial charge on any atom is 0.211 e. The number of ketones is 1. The summed E-state index contributed by atoms with van der Waals surface area (Å²) in [7, 11) is 0. The highest BCUT2D eigenvalue weighted by Gasteiger charge is 2.12. The van der Waals surface area contributed by atoms with E-state index in [1.807, 2.05) is 32.0 Å². The average molecular weight is 226 g/mol. The van der Waals surface area contributed by atoms with Gasteiger partial charge in [0.2, 0.25) is 5.78 Å². The molecule has 0 amide bonds. The Labute approximate surface area is 100 Å². The van der Waals surface area contributed by atoms with Gasteiger partial charge in [0.1, 0.15) is 5.69 Å². The first-order valence-electron chi connectivity index (χ1n) is 5.41. The van der Waals surface area contributed by atoms with Gasteiger partial charge in [0.25, 0.3) is 0 Å². The van der Waals surface area contributed by atoms with Gasteiger partial charge in [-0.15, -0.1) is 0 Å². The molecule has 0 spiro atoms. The third-order valence-corrected chi connectivity index (χ3v) is 2.66. The van der Waals surface area contributed by atoms with E-state index in [-0.39, 0.29) is 5.78 Å². The Bertz CT molecular complexity index is 559. The molecule has 3 nitrogen and oxygen atoms in total. The Morgan fingerprint density at radius 1 is 1.18 bits per heavy atom. The van der Waals surface area contributed by atoms with Crippen LogP contribution >= 0.6 is 0 Å². The molecule has 86 valence electrons. The van der Waals surface area contributed by atoms with Gasteiger partial charge in [-0.05, 0) is 37.6 Å². The van der Waals surface area contributed by atoms with Crippen LogP contribution in [0.4, 0.5) is 5.69 Å². The van der Waals surface area contributed by atoms with Crippen molar-refractivity contribution in [2.24, 2.45) is 0 Å². The molecule has 0 aliphatic heterocycles. The Morgan fingerprint density at radius 2 is 1.94 bits per heavy atom. The molecular formula is C14H14N2O. The number of aryl methyl sites for hydroxylation is 2. The van der Waals surface area contributed by atoms with Crippen molar-refractivity contribution in [1.29, 1.82) is 0 Å². The summed E-state index contributed by atoms with van der Waals surface area (Å²) < 4.78 is 0. The maximum absolute atomic E-state index is 12.2. The Morgan fingerprint density at radius 3 is 2.59 bits per heavy atom. The van der Waals surface area contributed by atoms with Crippen molar-refractivity contribution in [3.05, 3.63) is 58.9 Å². The summed E-state index contributed by atoms with van der Waals surface area (Å²) in [6, 6.07) is 9.16. The van der Waals surface area contributed by atoms with Crippen LogP contribution in [0, 0.1) is 13.8 Å². The number of carbonyl (C=O) groups excluding carboxylic acids is 1. The number of hydrogen-bond acceptors (Lipinski definition) is 3. The van der Waals surface area contributed by atoms with Crippen LogP contribution in [0.15, 0.2) is 36.5 Å². The van der Waals surface area contributed by atoms with E-state index in [9.17, 15) is 4.79 Å². The molecule has 2 rings (SSSR count). The van der Waals surface area contributed by atoms with Crippen molar-refractivity contribution in [2.45, 2.75) is 13.8 Å². The summed E-state index contributed by atoms with van der Waals surface area (Å²) in [6.07, 6.45) is 1.50. The molecule has 0 bridgehead atoms. The highest BCUT2D eigenvalue weighted by molar-refractivity contribution is 6.08. The van der Waals surface area contributed by atoms with Crippen LogP contribution in [0.25, 0.3) is 0 Å². The number of benzene rings is 1. The summed E-state index contributed by atoms with van der Waals surface area (Å²) in [4.78, 5) is 16.3. The van der Waals surface area contributed by atoms with Gasteiger partial charge in [0.05, 0.1) is 11.9 Å². The number of carbonyl (C=O) groups is 1. The van der Waals surface area contributed by atoms with Gasteiger partial charge in [0, 0.05) is 5.56 Å². The largest absolute Gasteiger partial charge is 0.397 e. The lowest BCUT2D eigenvalue weighted by Crippen LogP contribution is -2.06. The second-order valence-electron chi connectivity index (χ2n) is 4.12. The highest BCUT2D eigenvalue weighted by atomic mass is 16.1. The highest BCUT2D eigenvalue weighted by Crippen LogP contribution is 2.15. The van der Waals surface area contributed by atoms with E-state index >= 15 is 0 Å². The molecular weight excluding hydrogens is 212 g/mol. The van der Waals surface area contributed by atoms with Crippen LogP contribution in [-0.2, 0) is 0 Å². The van der Waals surface area contributed by atoms with Crippen LogP contribution in [0.1, 0.15) is 27.2 Å². The summed E-state index contributed by atoms with van der Waals surface area (Å²) in [6.45, 7) is 3.89. The zero-order valence-electron chi connectivity index (χ0n) is 9.90. The molecule has 1 aromatic carbocycles. The molecule has 0 saturated heterocycles. The van der Waals surface area contributed by atoms with E-state index < -0.39 is 0 Å². The van der Waals surface area contributed by atoms with E-state index in [0.717, 1.165) is 11.1 Å². The molecule has 1 heterocycles. The lowest BCUT2D eigenvalue weighted by atomic mass is 10.00. The monoisotopic (exact) mass is 226 g/mol. The van der Waals surface area contributed by atoms with Crippen LogP contribution in [-0.4, -0.2) is 10.8 Å². The predicted molar refractivity (Wildman–Crippen MR) is 68.0 cm³/mol. The molecule has 0 unspecified atom stereocenters. The lowest BCUT2D eigenvalue weighted by Gasteiger charge is -2.05. The van der Waals surface area contributed by atoms with Crippen molar-refractivity contribution in [1.82, 2.24) is 4.98 Å². The first-order valence-corrected chi connectivity index (χ1v) is 5.41. The first-order chi connectivity index (χ1) is 8.08. The zero-order valence-corrected chi connectivity index (χ0v) is 9.90. The SMILES string of the molecule is Cc1ccc(C)c(C(=O)c2ccc(N)cn2)c1. The van der Waals surface area contributed by atoms with Gasteiger partial charge >= 0.3 is 0 Å². The van der Waals surface area contributed by atoms with Gasteiger partial charge in [0.15, 0.2) is 0 Å². The predicted octanol–water partition coefficient (Wildman–Crippen LogP) is 2.51. The number of hydrogen-bond donors (Lipinski definition) is 1. The normalized spacial score (nSPS) is 10.2. The van der Waals surface area contributed by atoms with Crippen LogP contribution in [0.5, 0.6) is 0 Å². The molecule has 0 aliphatic carbocycles. The zero-order chi connectivity index (χ0) is 12.4. The van der Waals surface area contributed by atoms with Crippen molar-refractivity contribution in [2.75, 3.05) is 5.73 Å². The minimum atomic E-state index is -0.0637. The second kappa shape index (κ2) is 4.37. The Balaban J connectivity index is 2.43. The number of nitrogens with two attached hydrogens (primary N) is 1. The van der Waals surface area contributed by atoms with Gasteiger partial charge in [-0.25, -0.2) is 0 Å². The van der Waals surface area contributed by atoms with Crippen molar-refractivity contribution in [3.63, 3.8) is 0 Å².